The molecule has 2 rings (SSSR count). The molecule has 2 aromatic rings. The third kappa shape index (κ3) is 4.81. The molecule has 2 aromatic carbocycles. The van der Waals surface area contributed by atoms with Gasteiger partial charge in [0.05, 0.1) is 39.6 Å². The second kappa shape index (κ2) is 9.33. The highest BCUT2D eigenvalue weighted by atomic mass is 16.7. The van der Waals surface area contributed by atoms with Crippen LogP contribution >= 0.6 is 0 Å². The van der Waals surface area contributed by atoms with Crippen molar-refractivity contribution in [2.24, 2.45) is 0 Å². The van der Waals surface area contributed by atoms with E-state index in [1.807, 2.05) is 0 Å². The minimum atomic E-state index is -0.480. The zero-order valence-corrected chi connectivity index (χ0v) is 15.4. The van der Waals surface area contributed by atoms with Crippen LogP contribution in [0.4, 0.5) is 0 Å². The second-order valence-electron chi connectivity index (χ2n) is 5.12. The predicted molar refractivity (Wildman–Crippen MR) is 94.8 cm³/mol. The summed E-state index contributed by atoms with van der Waals surface area (Å²) in [4.78, 5) is 23.1. The summed E-state index contributed by atoms with van der Waals surface area (Å²) in [6, 6.07) is 9.27. The van der Waals surface area contributed by atoms with Crippen LogP contribution in [0.2, 0.25) is 0 Å². The van der Waals surface area contributed by atoms with Crippen LogP contribution in [0.1, 0.15) is 20.7 Å². The third-order valence-corrected chi connectivity index (χ3v) is 3.60. The number of rotatable bonds is 8. The van der Waals surface area contributed by atoms with E-state index in [1.54, 1.807) is 24.3 Å². The van der Waals surface area contributed by atoms with Gasteiger partial charge < -0.3 is 28.4 Å². The molecule has 0 saturated carbocycles. The van der Waals surface area contributed by atoms with Crippen molar-refractivity contribution in [1.82, 2.24) is 0 Å². The number of esters is 2. The normalized spacial score (nSPS) is 9.93. The van der Waals surface area contributed by atoms with Gasteiger partial charge in [0.25, 0.3) is 0 Å². The van der Waals surface area contributed by atoms with E-state index in [0.29, 0.717) is 34.1 Å². The maximum Gasteiger partial charge on any atom is 0.337 e. The Balaban J connectivity index is 2.08. The molecule has 0 aromatic heterocycles. The molecule has 144 valence electrons. The molecule has 0 spiro atoms. The van der Waals surface area contributed by atoms with Crippen molar-refractivity contribution in [2.45, 2.75) is 0 Å². The Labute approximate surface area is 156 Å². The standard InChI is InChI=1S/C19H20O8/c1-22-16-9-12(18(20)24-3)5-7-14(16)26-11-27-15-8-6-13(19(21)25-4)10-17(15)23-2/h5-10H,11H2,1-4H3. The SMILES string of the molecule is COC(=O)c1ccc(OCOc2ccc(C(=O)OC)cc2OC)c(OC)c1. The van der Waals surface area contributed by atoms with E-state index in [9.17, 15) is 9.59 Å². The van der Waals surface area contributed by atoms with Crippen molar-refractivity contribution >= 4 is 11.9 Å². The lowest BCUT2D eigenvalue weighted by atomic mass is 10.2. The second-order valence-corrected chi connectivity index (χ2v) is 5.12. The monoisotopic (exact) mass is 376 g/mol. The number of ether oxygens (including phenoxy) is 6. The molecule has 0 radical (unpaired) electrons. The van der Waals surface area contributed by atoms with E-state index in [2.05, 4.69) is 9.47 Å². The van der Waals surface area contributed by atoms with E-state index < -0.39 is 11.9 Å². The van der Waals surface area contributed by atoms with E-state index in [1.165, 1.54) is 40.6 Å². The van der Waals surface area contributed by atoms with Gasteiger partial charge in [-0.25, -0.2) is 9.59 Å². The Morgan fingerprint density at radius 1 is 0.667 bits per heavy atom. The lowest BCUT2D eigenvalue weighted by molar-refractivity contribution is 0.0591. The molecular weight excluding hydrogens is 356 g/mol. The summed E-state index contributed by atoms with van der Waals surface area (Å²) in [6.07, 6.45) is 0. The number of carbonyl (C=O) groups excluding carboxylic acids is 2. The first kappa shape index (κ1) is 19.9. The van der Waals surface area contributed by atoms with Gasteiger partial charge in [-0.3, -0.25) is 0 Å². The van der Waals surface area contributed by atoms with Gasteiger partial charge in [0, 0.05) is 0 Å². The number of benzene rings is 2. The van der Waals surface area contributed by atoms with Crippen LogP contribution in [0.25, 0.3) is 0 Å². The van der Waals surface area contributed by atoms with Crippen molar-refractivity contribution in [1.29, 1.82) is 0 Å². The first-order valence-electron chi connectivity index (χ1n) is 7.82. The van der Waals surface area contributed by atoms with E-state index in [-0.39, 0.29) is 6.79 Å². The fourth-order valence-corrected chi connectivity index (χ4v) is 2.22. The van der Waals surface area contributed by atoms with Crippen LogP contribution < -0.4 is 18.9 Å². The van der Waals surface area contributed by atoms with E-state index >= 15 is 0 Å². The van der Waals surface area contributed by atoms with Crippen molar-refractivity contribution in [3.63, 3.8) is 0 Å². The molecule has 0 aliphatic carbocycles. The number of hydrogen-bond donors (Lipinski definition) is 0. The molecular formula is C19H20O8. The topological polar surface area (TPSA) is 89.5 Å². The van der Waals surface area contributed by atoms with Gasteiger partial charge in [0.1, 0.15) is 0 Å². The van der Waals surface area contributed by atoms with Crippen molar-refractivity contribution in [2.75, 3.05) is 35.2 Å². The minimum Gasteiger partial charge on any atom is -0.493 e. The maximum absolute atomic E-state index is 11.6. The Hall–Kier alpha value is -3.42. The first-order valence-corrected chi connectivity index (χ1v) is 7.82. The van der Waals surface area contributed by atoms with Crippen LogP contribution in [-0.4, -0.2) is 47.2 Å². The smallest absolute Gasteiger partial charge is 0.337 e. The van der Waals surface area contributed by atoms with E-state index in [4.69, 9.17) is 18.9 Å². The molecule has 8 heteroatoms. The highest BCUT2D eigenvalue weighted by Crippen LogP contribution is 2.31. The van der Waals surface area contributed by atoms with Crippen LogP contribution in [-0.2, 0) is 9.47 Å². The quantitative estimate of drug-likeness (QED) is 0.513. The van der Waals surface area contributed by atoms with Gasteiger partial charge in [0.15, 0.2) is 23.0 Å². The summed E-state index contributed by atoms with van der Waals surface area (Å²) in [5.74, 6) is 0.521. The molecule has 0 aliphatic rings. The molecule has 0 fully saturated rings. The first-order chi connectivity index (χ1) is 13.0. The summed E-state index contributed by atoms with van der Waals surface area (Å²) in [7, 11) is 5.51. The van der Waals surface area contributed by atoms with Gasteiger partial charge in [-0.2, -0.15) is 0 Å². The van der Waals surface area contributed by atoms with Crippen LogP contribution in [0.5, 0.6) is 23.0 Å². The number of hydrogen-bond acceptors (Lipinski definition) is 8. The average Bonchev–Trinajstić information content (AvgIpc) is 2.72. The number of methoxy groups -OCH3 is 4. The summed E-state index contributed by atoms with van der Waals surface area (Å²) in [5, 5.41) is 0. The Morgan fingerprint density at radius 2 is 1.07 bits per heavy atom. The molecule has 8 nitrogen and oxygen atoms in total. The van der Waals surface area contributed by atoms with Gasteiger partial charge in [-0.1, -0.05) is 0 Å². The number of carbonyl (C=O) groups is 2. The molecule has 0 unspecified atom stereocenters. The summed E-state index contributed by atoms with van der Waals surface area (Å²) < 4.78 is 30.9. The molecule has 0 heterocycles. The lowest BCUT2D eigenvalue weighted by Gasteiger charge is -2.14. The molecule has 0 N–H and O–H groups in total. The minimum absolute atomic E-state index is 0.151. The van der Waals surface area contributed by atoms with E-state index in [0.717, 1.165) is 0 Å². The highest BCUT2D eigenvalue weighted by Gasteiger charge is 2.13. The molecule has 0 amide bonds. The lowest BCUT2D eigenvalue weighted by Crippen LogP contribution is -2.09. The Bertz CT molecular complexity index is 748. The Kier molecular flexibility index (Phi) is 6.87. The van der Waals surface area contributed by atoms with Gasteiger partial charge in [-0.05, 0) is 36.4 Å². The van der Waals surface area contributed by atoms with Gasteiger partial charge >= 0.3 is 11.9 Å². The highest BCUT2D eigenvalue weighted by molar-refractivity contribution is 5.90. The molecule has 0 aliphatic heterocycles. The Morgan fingerprint density at radius 3 is 1.41 bits per heavy atom. The van der Waals surface area contributed by atoms with Crippen LogP contribution in [0.15, 0.2) is 36.4 Å². The van der Waals surface area contributed by atoms with Crippen molar-refractivity contribution < 1.29 is 38.0 Å². The average molecular weight is 376 g/mol. The molecule has 27 heavy (non-hydrogen) atoms. The fourth-order valence-electron chi connectivity index (χ4n) is 2.22. The predicted octanol–water partition coefficient (Wildman–Crippen LogP) is 2.69. The summed E-state index contributed by atoms with van der Waals surface area (Å²) in [5.41, 5.74) is 0.672. The van der Waals surface area contributed by atoms with Crippen molar-refractivity contribution in [3.8, 4) is 23.0 Å². The zero-order chi connectivity index (χ0) is 19.8. The largest absolute Gasteiger partial charge is 0.493 e. The van der Waals surface area contributed by atoms with Crippen molar-refractivity contribution in [3.05, 3.63) is 47.5 Å². The third-order valence-electron chi connectivity index (χ3n) is 3.60. The van der Waals surface area contributed by atoms with Crippen LogP contribution in [0, 0.1) is 0 Å². The summed E-state index contributed by atoms with van der Waals surface area (Å²) in [6.45, 7) is -0.151. The van der Waals surface area contributed by atoms with Crippen LogP contribution in [0.3, 0.4) is 0 Å². The molecule has 0 saturated heterocycles. The van der Waals surface area contributed by atoms with Gasteiger partial charge in [0.2, 0.25) is 6.79 Å². The summed E-state index contributed by atoms with van der Waals surface area (Å²) >= 11 is 0. The maximum atomic E-state index is 11.6. The molecule has 0 atom stereocenters. The zero-order valence-electron chi connectivity index (χ0n) is 15.4. The van der Waals surface area contributed by atoms with Gasteiger partial charge in [-0.15, -0.1) is 0 Å². The molecule has 0 bridgehead atoms. The fraction of sp³-hybridized carbons (Fsp3) is 0.263.